The Kier molecular flexibility index (Phi) is 5.95. The average Bonchev–Trinajstić information content (AvgIpc) is 2.73. The Morgan fingerprint density at radius 2 is 1.88 bits per heavy atom. The summed E-state index contributed by atoms with van der Waals surface area (Å²) < 4.78 is 40.2. The van der Waals surface area contributed by atoms with Gasteiger partial charge in [0.15, 0.2) is 0 Å². The summed E-state index contributed by atoms with van der Waals surface area (Å²) in [5.74, 6) is -0.267. The molecule has 0 bridgehead atoms. The van der Waals surface area contributed by atoms with Crippen LogP contribution >= 0.6 is 0 Å². The molecule has 1 saturated carbocycles. The largest absolute Gasteiger partial charge is 0.508 e. The molecule has 0 aliphatic heterocycles. The number of carbonyl (C=O) groups excluding carboxylic acids is 1. The number of phenols is 1. The van der Waals surface area contributed by atoms with Gasteiger partial charge in [-0.15, -0.1) is 0 Å². The molecule has 2 atom stereocenters. The van der Waals surface area contributed by atoms with Gasteiger partial charge in [0.05, 0.1) is 5.52 Å². The number of phenolic OH excluding ortho intramolecular Hbond substituents is 1. The molecule has 8 heteroatoms. The van der Waals surface area contributed by atoms with Crippen molar-refractivity contribution < 1.29 is 23.1 Å². The first-order chi connectivity index (χ1) is 15.2. The number of hydrogen-bond donors (Lipinski definition) is 3. The molecular weight excluding hydrogens is 419 g/mol. The summed E-state index contributed by atoms with van der Waals surface area (Å²) in [6, 6.07) is 12.1. The first kappa shape index (κ1) is 21.9. The van der Waals surface area contributed by atoms with Gasteiger partial charge < -0.3 is 15.7 Å². The van der Waals surface area contributed by atoms with Gasteiger partial charge >= 0.3 is 6.18 Å². The lowest BCUT2D eigenvalue weighted by molar-refractivity contribution is -0.140. The highest BCUT2D eigenvalue weighted by Gasteiger charge is 2.34. The number of amides is 1. The molecule has 32 heavy (non-hydrogen) atoms. The van der Waals surface area contributed by atoms with Crippen molar-refractivity contribution in [3.63, 3.8) is 0 Å². The first-order valence-corrected chi connectivity index (χ1v) is 10.5. The summed E-state index contributed by atoms with van der Waals surface area (Å²) in [4.78, 5) is 16.3. The van der Waals surface area contributed by atoms with Crippen LogP contribution in [0.5, 0.6) is 5.75 Å². The fraction of sp³-hybridized carbons (Fsp3) is 0.333. The van der Waals surface area contributed by atoms with E-state index in [1.54, 1.807) is 24.3 Å². The monoisotopic (exact) mass is 443 g/mol. The van der Waals surface area contributed by atoms with E-state index < -0.39 is 11.9 Å². The number of aromatic hydroxyl groups is 1. The minimum atomic E-state index is -4.54. The number of pyridine rings is 1. The first-order valence-electron chi connectivity index (χ1n) is 10.5. The van der Waals surface area contributed by atoms with Gasteiger partial charge in [-0.05, 0) is 69.0 Å². The van der Waals surface area contributed by atoms with Crippen LogP contribution in [-0.2, 0) is 6.18 Å². The van der Waals surface area contributed by atoms with Gasteiger partial charge in [-0.2, -0.15) is 13.2 Å². The molecule has 3 N–H and O–H groups in total. The Labute approximate surface area is 183 Å². The maximum atomic E-state index is 13.4. The van der Waals surface area contributed by atoms with Crippen molar-refractivity contribution in [1.29, 1.82) is 0 Å². The fourth-order valence-electron chi connectivity index (χ4n) is 4.19. The van der Waals surface area contributed by atoms with E-state index in [9.17, 15) is 23.1 Å². The van der Waals surface area contributed by atoms with Crippen molar-refractivity contribution in [2.45, 2.75) is 50.9 Å². The van der Waals surface area contributed by atoms with Crippen molar-refractivity contribution in [2.75, 3.05) is 5.32 Å². The van der Waals surface area contributed by atoms with Gasteiger partial charge in [0.1, 0.15) is 11.4 Å². The van der Waals surface area contributed by atoms with Crippen LogP contribution in [0.2, 0.25) is 0 Å². The number of aryl methyl sites for hydroxylation is 1. The molecule has 3 aromatic rings. The molecule has 0 saturated heterocycles. The van der Waals surface area contributed by atoms with Gasteiger partial charge in [-0.25, -0.2) is 4.98 Å². The zero-order chi connectivity index (χ0) is 22.9. The third-order valence-electron chi connectivity index (χ3n) is 5.73. The summed E-state index contributed by atoms with van der Waals surface area (Å²) >= 11 is 0. The SMILES string of the molecule is Cc1ccc2nc(C(F)(F)F)cc(N[C@H]3CCC[C@@H](NC(=O)c4cccc(O)c4)C3)c2c1. The molecule has 0 unspecified atom stereocenters. The summed E-state index contributed by atoms with van der Waals surface area (Å²) in [5.41, 5.74) is 1.06. The van der Waals surface area contributed by atoms with Crippen LogP contribution < -0.4 is 10.6 Å². The normalized spacial score (nSPS) is 19.0. The smallest absolute Gasteiger partial charge is 0.433 e. The number of aromatic nitrogens is 1. The number of alkyl halides is 3. The maximum absolute atomic E-state index is 13.4. The van der Waals surface area contributed by atoms with E-state index in [4.69, 9.17) is 0 Å². The maximum Gasteiger partial charge on any atom is 0.433 e. The second-order valence-corrected chi connectivity index (χ2v) is 8.30. The van der Waals surface area contributed by atoms with Crippen LogP contribution in [0, 0.1) is 6.92 Å². The molecule has 1 aromatic heterocycles. The zero-order valence-electron chi connectivity index (χ0n) is 17.5. The molecular formula is C24H24F3N3O2. The summed E-state index contributed by atoms with van der Waals surface area (Å²) in [6.45, 7) is 1.88. The van der Waals surface area contributed by atoms with Gasteiger partial charge in [0.2, 0.25) is 0 Å². The van der Waals surface area contributed by atoms with Crippen molar-refractivity contribution in [2.24, 2.45) is 0 Å². The second kappa shape index (κ2) is 8.68. The van der Waals surface area contributed by atoms with Crippen LogP contribution in [0.1, 0.15) is 47.3 Å². The lowest BCUT2D eigenvalue weighted by Crippen LogP contribution is -2.41. The topological polar surface area (TPSA) is 74.2 Å². The lowest BCUT2D eigenvalue weighted by Gasteiger charge is -2.31. The molecule has 5 nitrogen and oxygen atoms in total. The summed E-state index contributed by atoms with van der Waals surface area (Å²) in [7, 11) is 0. The van der Waals surface area contributed by atoms with Gasteiger partial charge in [-0.1, -0.05) is 17.7 Å². The number of carbonyl (C=O) groups is 1. The molecule has 1 amide bonds. The predicted molar refractivity (Wildman–Crippen MR) is 117 cm³/mol. The van der Waals surface area contributed by atoms with E-state index >= 15 is 0 Å². The summed E-state index contributed by atoms with van der Waals surface area (Å²) in [6.07, 6.45) is -1.56. The van der Waals surface area contributed by atoms with Crippen LogP contribution in [0.3, 0.4) is 0 Å². The third kappa shape index (κ3) is 4.95. The highest BCUT2D eigenvalue weighted by Crippen LogP contribution is 2.34. The van der Waals surface area contributed by atoms with Crippen molar-refractivity contribution in [1.82, 2.24) is 10.3 Å². The van der Waals surface area contributed by atoms with Crippen molar-refractivity contribution in [3.05, 3.63) is 65.4 Å². The molecule has 0 radical (unpaired) electrons. The molecule has 2 aromatic carbocycles. The molecule has 1 aliphatic rings. The highest BCUT2D eigenvalue weighted by atomic mass is 19.4. The molecule has 168 valence electrons. The highest BCUT2D eigenvalue weighted by molar-refractivity contribution is 5.95. The predicted octanol–water partition coefficient (Wildman–Crippen LogP) is 5.42. The van der Waals surface area contributed by atoms with Gasteiger partial charge in [0, 0.05) is 28.7 Å². The molecule has 4 rings (SSSR count). The van der Waals surface area contributed by atoms with E-state index in [0.717, 1.165) is 30.9 Å². The van der Waals surface area contributed by atoms with E-state index in [0.29, 0.717) is 23.1 Å². The number of nitrogens with one attached hydrogen (secondary N) is 2. The third-order valence-corrected chi connectivity index (χ3v) is 5.73. The van der Waals surface area contributed by atoms with Crippen molar-refractivity contribution >= 4 is 22.5 Å². The Bertz CT molecular complexity index is 1150. The van der Waals surface area contributed by atoms with E-state index in [1.807, 2.05) is 13.0 Å². The van der Waals surface area contributed by atoms with E-state index in [1.165, 1.54) is 12.1 Å². The minimum absolute atomic E-state index is 0.0150. The molecule has 1 heterocycles. The summed E-state index contributed by atoms with van der Waals surface area (Å²) in [5, 5.41) is 16.5. The molecule has 1 fully saturated rings. The zero-order valence-corrected chi connectivity index (χ0v) is 17.5. The van der Waals surface area contributed by atoms with Crippen LogP contribution in [0.15, 0.2) is 48.5 Å². The Hall–Kier alpha value is -3.29. The number of rotatable bonds is 4. The number of hydrogen-bond acceptors (Lipinski definition) is 4. The Balaban J connectivity index is 1.53. The molecule has 1 aliphatic carbocycles. The van der Waals surface area contributed by atoms with E-state index in [-0.39, 0.29) is 29.3 Å². The number of anilines is 1. The molecule has 0 spiro atoms. The van der Waals surface area contributed by atoms with Gasteiger partial charge in [0.25, 0.3) is 5.91 Å². The van der Waals surface area contributed by atoms with Crippen molar-refractivity contribution in [3.8, 4) is 5.75 Å². The van der Waals surface area contributed by atoms with Gasteiger partial charge in [-0.3, -0.25) is 4.79 Å². The number of fused-ring (bicyclic) bond motifs is 1. The lowest BCUT2D eigenvalue weighted by atomic mass is 9.90. The number of halogens is 3. The van der Waals surface area contributed by atoms with Crippen LogP contribution in [0.25, 0.3) is 10.9 Å². The van der Waals surface area contributed by atoms with Crippen LogP contribution in [-0.4, -0.2) is 28.1 Å². The number of nitrogens with zero attached hydrogens (tertiary/aromatic N) is 1. The van der Waals surface area contributed by atoms with Crippen LogP contribution in [0.4, 0.5) is 18.9 Å². The second-order valence-electron chi connectivity index (χ2n) is 8.30. The number of benzene rings is 2. The Morgan fingerprint density at radius 3 is 2.62 bits per heavy atom. The quantitative estimate of drug-likeness (QED) is 0.503. The fourth-order valence-corrected chi connectivity index (χ4v) is 4.19. The standard InChI is InChI=1S/C24H24F3N3O2/c1-14-8-9-20-19(10-14)21(13-22(30-20)24(25,26)27)28-16-5-3-6-17(12-16)29-23(32)15-4-2-7-18(31)11-15/h2,4,7-11,13,16-17,31H,3,5-6,12H2,1H3,(H,28,30)(H,29,32)/t16-,17+/m0/s1. The Morgan fingerprint density at radius 1 is 1.09 bits per heavy atom. The van der Waals surface area contributed by atoms with E-state index in [2.05, 4.69) is 15.6 Å². The average molecular weight is 443 g/mol. The minimum Gasteiger partial charge on any atom is -0.508 e.